The minimum atomic E-state index is -3.28. The Hall–Kier alpha value is -2.28. The van der Waals surface area contributed by atoms with E-state index in [-0.39, 0.29) is 4.90 Å². The normalized spacial score (nSPS) is 11.9. The smallest absolute Gasteiger partial charge is 0.177 e. The molecule has 20 heavy (non-hydrogen) atoms. The van der Waals surface area contributed by atoms with Crippen molar-refractivity contribution < 1.29 is 8.42 Å². The van der Waals surface area contributed by atoms with Crippen molar-refractivity contribution in [1.29, 1.82) is 0 Å². The molecule has 0 amide bonds. The van der Waals surface area contributed by atoms with Gasteiger partial charge in [-0.15, -0.1) is 0 Å². The van der Waals surface area contributed by atoms with Crippen molar-refractivity contribution in [1.82, 2.24) is 19.6 Å². The molecule has 3 heterocycles. The zero-order valence-corrected chi connectivity index (χ0v) is 11.8. The topological polar surface area (TPSA) is 77.2 Å². The molecule has 0 aliphatic carbocycles. The van der Waals surface area contributed by atoms with Crippen LogP contribution in [0.2, 0.25) is 0 Å². The summed E-state index contributed by atoms with van der Waals surface area (Å²) < 4.78 is 24.9. The Balaban J connectivity index is 2.23. The maximum absolute atomic E-state index is 11.6. The second-order valence-corrected chi connectivity index (χ2v) is 6.56. The highest BCUT2D eigenvalue weighted by atomic mass is 32.2. The molecule has 0 saturated heterocycles. The van der Waals surface area contributed by atoms with Gasteiger partial charge in [0.25, 0.3) is 0 Å². The molecule has 6 nitrogen and oxygen atoms in total. The van der Waals surface area contributed by atoms with E-state index in [9.17, 15) is 8.42 Å². The lowest BCUT2D eigenvalue weighted by Gasteiger charge is -2.08. The van der Waals surface area contributed by atoms with E-state index in [0.717, 1.165) is 22.5 Å². The van der Waals surface area contributed by atoms with Gasteiger partial charge < -0.3 is 0 Å². The van der Waals surface area contributed by atoms with Gasteiger partial charge in [0.1, 0.15) is 6.33 Å². The van der Waals surface area contributed by atoms with Gasteiger partial charge in [0, 0.05) is 35.5 Å². The molecule has 3 aromatic rings. The standard InChI is InChI=1S/C13H12N4O2S/c1-9-12(3-4-13-15-8-16-17(9)13)10-5-11(7-14-6-10)20(2,18)19/h3-8H,1-2H3. The third-order valence-electron chi connectivity index (χ3n) is 3.13. The number of aryl methyl sites for hydroxylation is 1. The van der Waals surface area contributed by atoms with Gasteiger partial charge in [0.15, 0.2) is 15.5 Å². The van der Waals surface area contributed by atoms with E-state index >= 15 is 0 Å². The maximum Gasteiger partial charge on any atom is 0.177 e. The molecule has 0 atom stereocenters. The Morgan fingerprint density at radius 2 is 2.00 bits per heavy atom. The Bertz CT molecular complexity index is 900. The summed E-state index contributed by atoms with van der Waals surface area (Å²) in [6.07, 6.45) is 5.64. The molecule has 102 valence electrons. The monoisotopic (exact) mass is 288 g/mol. The van der Waals surface area contributed by atoms with Gasteiger partial charge >= 0.3 is 0 Å². The molecule has 0 spiro atoms. The molecule has 0 bridgehead atoms. The lowest BCUT2D eigenvalue weighted by molar-refractivity contribution is 0.601. The van der Waals surface area contributed by atoms with Crippen LogP contribution in [0.15, 0.2) is 41.8 Å². The minimum absolute atomic E-state index is 0.202. The van der Waals surface area contributed by atoms with Crippen LogP contribution in [0.4, 0.5) is 0 Å². The van der Waals surface area contributed by atoms with Gasteiger partial charge in [0.2, 0.25) is 0 Å². The molecule has 3 rings (SSSR count). The summed E-state index contributed by atoms with van der Waals surface area (Å²) in [6, 6.07) is 5.35. The summed E-state index contributed by atoms with van der Waals surface area (Å²) in [4.78, 5) is 8.33. The number of hydrogen-bond donors (Lipinski definition) is 0. The van der Waals surface area contributed by atoms with Crippen LogP contribution in [0.1, 0.15) is 5.69 Å². The van der Waals surface area contributed by atoms with Crippen molar-refractivity contribution in [3.8, 4) is 11.1 Å². The number of hydrogen-bond acceptors (Lipinski definition) is 5. The van der Waals surface area contributed by atoms with Crippen molar-refractivity contribution >= 4 is 15.5 Å². The van der Waals surface area contributed by atoms with Crippen molar-refractivity contribution in [3.63, 3.8) is 0 Å². The number of aromatic nitrogens is 4. The van der Waals surface area contributed by atoms with Gasteiger partial charge in [-0.1, -0.05) is 0 Å². The molecule has 0 unspecified atom stereocenters. The molecule has 0 radical (unpaired) electrons. The van der Waals surface area contributed by atoms with Gasteiger partial charge in [-0.25, -0.2) is 17.9 Å². The van der Waals surface area contributed by atoms with Crippen LogP contribution in [-0.2, 0) is 9.84 Å². The first-order chi connectivity index (χ1) is 9.47. The summed E-state index contributed by atoms with van der Waals surface area (Å²) in [7, 11) is -3.28. The van der Waals surface area contributed by atoms with E-state index in [1.807, 2.05) is 19.1 Å². The Kier molecular flexibility index (Phi) is 2.79. The largest absolute Gasteiger partial charge is 0.263 e. The molecular weight excluding hydrogens is 276 g/mol. The van der Waals surface area contributed by atoms with Gasteiger partial charge in [-0.3, -0.25) is 4.98 Å². The number of rotatable bonds is 2. The average molecular weight is 288 g/mol. The first-order valence-corrected chi connectivity index (χ1v) is 7.81. The van der Waals surface area contributed by atoms with E-state index in [4.69, 9.17) is 0 Å². The van der Waals surface area contributed by atoms with E-state index in [2.05, 4.69) is 15.1 Å². The second kappa shape index (κ2) is 4.38. The minimum Gasteiger partial charge on any atom is -0.263 e. The van der Waals surface area contributed by atoms with Crippen molar-refractivity contribution in [3.05, 3.63) is 42.6 Å². The SMILES string of the molecule is Cc1c(-c2cncc(S(C)(=O)=O)c2)ccc2ncnn12. The molecule has 0 N–H and O–H groups in total. The van der Waals surface area contributed by atoms with E-state index in [1.165, 1.54) is 18.8 Å². The second-order valence-electron chi connectivity index (χ2n) is 4.54. The quantitative estimate of drug-likeness (QED) is 0.714. The van der Waals surface area contributed by atoms with Crippen LogP contribution in [0.5, 0.6) is 0 Å². The average Bonchev–Trinajstić information content (AvgIpc) is 2.87. The fourth-order valence-corrected chi connectivity index (χ4v) is 2.68. The molecule has 0 saturated carbocycles. The third kappa shape index (κ3) is 2.05. The predicted octanol–water partition coefficient (Wildman–Crippen LogP) is 1.50. The van der Waals surface area contributed by atoms with Crippen molar-refractivity contribution in [2.45, 2.75) is 11.8 Å². The Labute approximate surface area is 116 Å². The Morgan fingerprint density at radius 3 is 2.75 bits per heavy atom. The van der Waals surface area contributed by atoms with Crippen molar-refractivity contribution in [2.75, 3.05) is 6.26 Å². The number of fused-ring (bicyclic) bond motifs is 1. The Morgan fingerprint density at radius 1 is 1.20 bits per heavy atom. The fourth-order valence-electron chi connectivity index (χ4n) is 2.09. The summed E-state index contributed by atoms with van der Waals surface area (Å²) >= 11 is 0. The molecular formula is C13H12N4O2S. The van der Waals surface area contributed by atoms with Crippen LogP contribution >= 0.6 is 0 Å². The number of nitrogens with zero attached hydrogens (tertiary/aromatic N) is 4. The number of pyridine rings is 2. The lowest BCUT2D eigenvalue weighted by atomic mass is 10.1. The van der Waals surface area contributed by atoms with Crippen LogP contribution < -0.4 is 0 Å². The summed E-state index contributed by atoms with van der Waals surface area (Å²) in [5, 5.41) is 4.14. The molecule has 0 aliphatic rings. The summed E-state index contributed by atoms with van der Waals surface area (Å²) in [5.41, 5.74) is 3.25. The van der Waals surface area contributed by atoms with E-state index in [1.54, 1.807) is 16.8 Å². The molecule has 7 heteroatoms. The molecule has 0 aromatic carbocycles. The zero-order chi connectivity index (χ0) is 14.3. The first-order valence-electron chi connectivity index (χ1n) is 5.91. The van der Waals surface area contributed by atoms with E-state index in [0.29, 0.717) is 0 Å². The summed E-state index contributed by atoms with van der Waals surface area (Å²) in [6.45, 7) is 1.91. The van der Waals surface area contributed by atoms with E-state index < -0.39 is 9.84 Å². The molecule has 3 aromatic heterocycles. The first kappa shape index (κ1) is 12.7. The van der Waals surface area contributed by atoms with Crippen LogP contribution in [-0.4, -0.2) is 34.3 Å². The predicted molar refractivity (Wildman–Crippen MR) is 74.1 cm³/mol. The molecule has 0 aliphatic heterocycles. The van der Waals surface area contributed by atoms with Gasteiger partial charge in [0.05, 0.1) is 4.90 Å². The maximum atomic E-state index is 11.6. The highest BCUT2D eigenvalue weighted by molar-refractivity contribution is 7.90. The van der Waals surface area contributed by atoms with Crippen LogP contribution in [0, 0.1) is 6.92 Å². The third-order valence-corrected chi connectivity index (χ3v) is 4.21. The lowest BCUT2D eigenvalue weighted by Crippen LogP contribution is -2.00. The summed E-state index contributed by atoms with van der Waals surface area (Å²) in [5.74, 6) is 0. The zero-order valence-electron chi connectivity index (χ0n) is 11.0. The number of sulfone groups is 1. The highest BCUT2D eigenvalue weighted by Gasteiger charge is 2.12. The van der Waals surface area contributed by atoms with Crippen LogP contribution in [0.3, 0.4) is 0 Å². The van der Waals surface area contributed by atoms with Gasteiger partial charge in [-0.05, 0) is 25.1 Å². The van der Waals surface area contributed by atoms with Crippen molar-refractivity contribution in [2.24, 2.45) is 0 Å². The van der Waals surface area contributed by atoms with Crippen LogP contribution in [0.25, 0.3) is 16.8 Å². The van der Waals surface area contributed by atoms with Gasteiger partial charge in [-0.2, -0.15) is 5.10 Å². The fraction of sp³-hybridized carbons (Fsp3) is 0.154. The molecule has 0 fully saturated rings. The highest BCUT2D eigenvalue weighted by Crippen LogP contribution is 2.25.